The first kappa shape index (κ1) is 30.8. The summed E-state index contributed by atoms with van der Waals surface area (Å²) in [6.07, 6.45) is 21.1. The first-order valence-electron chi connectivity index (χ1n) is 16.5. The van der Waals surface area contributed by atoms with Crippen molar-refractivity contribution < 1.29 is 4.57 Å². The number of unbranched alkanes of at least 4 members (excludes halogenated alkanes) is 11. The summed E-state index contributed by atoms with van der Waals surface area (Å²) in [6.45, 7) is 5.75. The standard InChI is InChI=1S/C39H53N2/c1-3-4-5-6-7-8-9-10-11-12-13-23-30-40-33-38(31-34(2)36-26-19-15-20-27-36)41(37-28-21-16-22-29-37)39(40)32-35-24-17-14-18-25-35/h14-22,24-29,33-34H,3-13,23,30-32H2,1-2H3/q+1. The van der Waals surface area contributed by atoms with Crippen LogP contribution in [0.4, 0.5) is 0 Å². The van der Waals surface area contributed by atoms with Crippen LogP contribution in [0.5, 0.6) is 0 Å². The molecular formula is C39H53N2+. The Morgan fingerprint density at radius 1 is 0.610 bits per heavy atom. The molecule has 0 saturated heterocycles. The minimum atomic E-state index is 0.457. The molecular weight excluding hydrogens is 496 g/mol. The van der Waals surface area contributed by atoms with Crippen molar-refractivity contribution >= 4 is 0 Å². The van der Waals surface area contributed by atoms with Gasteiger partial charge in [-0.05, 0) is 42.0 Å². The van der Waals surface area contributed by atoms with Crippen LogP contribution in [0.25, 0.3) is 5.69 Å². The number of hydrogen-bond acceptors (Lipinski definition) is 0. The Kier molecular flexibility index (Phi) is 13.3. The Morgan fingerprint density at radius 3 is 1.71 bits per heavy atom. The topological polar surface area (TPSA) is 8.81 Å². The highest BCUT2D eigenvalue weighted by atomic mass is 15.2. The Balaban J connectivity index is 1.44. The van der Waals surface area contributed by atoms with Crippen LogP contribution in [0.3, 0.4) is 0 Å². The van der Waals surface area contributed by atoms with Gasteiger partial charge in [0.1, 0.15) is 17.6 Å². The Labute approximate surface area is 250 Å². The summed E-state index contributed by atoms with van der Waals surface area (Å²) in [6, 6.07) is 32.9. The SMILES string of the molecule is CCCCCCCCCCCCCC[n+]1cc(CC(C)c2ccccc2)n(-c2ccccc2)c1Cc1ccccc1. The van der Waals surface area contributed by atoms with Crippen molar-refractivity contribution in [1.82, 2.24) is 4.57 Å². The number of aryl methyl sites for hydroxylation is 1. The predicted molar refractivity (Wildman–Crippen MR) is 175 cm³/mol. The lowest BCUT2D eigenvalue weighted by Gasteiger charge is -2.11. The molecule has 0 radical (unpaired) electrons. The van der Waals surface area contributed by atoms with Crippen LogP contribution in [-0.2, 0) is 19.4 Å². The van der Waals surface area contributed by atoms with E-state index in [2.05, 4.69) is 120 Å². The number of hydrogen-bond donors (Lipinski definition) is 0. The fraction of sp³-hybridized carbons (Fsp3) is 0.462. The van der Waals surface area contributed by atoms with Crippen molar-refractivity contribution in [1.29, 1.82) is 0 Å². The Bertz CT molecular complexity index is 1230. The number of benzene rings is 3. The van der Waals surface area contributed by atoms with Gasteiger partial charge in [0, 0.05) is 6.42 Å². The van der Waals surface area contributed by atoms with Crippen molar-refractivity contribution in [2.75, 3.05) is 0 Å². The second kappa shape index (κ2) is 17.6. The quantitative estimate of drug-likeness (QED) is 0.0812. The molecule has 0 spiro atoms. The van der Waals surface area contributed by atoms with Gasteiger partial charge in [0.2, 0.25) is 0 Å². The van der Waals surface area contributed by atoms with Crippen molar-refractivity contribution in [3.63, 3.8) is 0 Å². The maximum atomic E-state index is 2.57. The largest absolute Gasteiger partial charge is 0.266 e. The molecule has 1 aromatic heterocycles. The van der Waals surface area contributed by atoms with Crippen LogP contribution in [0, 0.1) is 0 Å². The molecule has 1 heterocycles. The van der Waals surface area contributed by atoms with Crippen LogP contribution < -0.4 is 4.57 Å². The molecule has 0 aliphatic rings. The molecule has 0 saturated carbocycles. The third-order valence-corrected chi connectivity index (χ3v) is 8.54. The minimum Gasteiger partial charge on any atom is -0.233 e. The monoisotopic (exact) mass is 549 g/mol. The van der Waals surface area contributed by atoms with Crippen molar-refractivity contribution in [3.05, 3.63) is 120 Å². The molecule has 4 aromatic rings. The average Bonchev–Trinajstić information content (AvgIpc) is 3.34. The summed E-state index contributed by atoms with van der Waals surface area (Å²) in [7, 11) is 0. The predicted octanol–water partition coefficient (Wildman–Crippen LogP) is 10.4. The van der Waals surface area contributed by atoms with Gasteiger partial charge in [-0.3, -0.25) is 0 Å². The van der Waals surface area contributed by atoms with Gasteiger partial charge in [-0.25, -0.2) is 4.57 Å². The normalized spacial score (nSPS) is 12.0. The fourth-order valence-corrected chi connectivity index (χ4v) is 6.13. The zero-order valence-corrected chi connectivity index (χ0v) is 25.8. The molecule has 2 heteroatoms. The Hall–Kier alpha value is -3.13. The molecule has 41 heavy (non-hydrogen) atoms. The third-order valence-electron chi connectivity index (χ3n) is 8.54. The van der Waals surface area contributed by atoms with Crippen LogP contribution in [0.15, 0.2) is 97.2 Å². The molecule has 218 valence electrons. The van der Waals surface area contributed by atoms with Gasteiger partial charge in [-0.2, -0.15) is 4.57 Å². The maximum Gasteiger partial charge on any atom is 0.266 e. The highest BCUT2D eigenvalue weighted by molar-refractivity contribution is 5.36. The highest BCUT2D eigenvalue weighted by Gasteiger charge is 2.26. The van der Waals surface area contributed by atoms with E-state index in [0.717, 1.165) is 19.4 Å². The van der Waals surface area contributed by atoms with Gasteiger partial charge in [0.15, 0.2) is 0 Å². The molecule has 4 rings (SSSR count). The lowest BCUT2D eigenvalue weighted by molar-refractivity contribution is -0.703. The molecule has 0 fully saturated rings. The summed E-state index contributed by atoms with van der Waals surface area (Å²) in [4.78, 5) is 0. The smallest absolute Gasteiger partial charge is 0.233 e. The van der Waals surface area contributed by atoms with Crippen LogP contribution >= 0.6 is 0 Å². The minimum absolute atomic E-state index is 0.457. The summed E-state index contributed by atoms with van der Waals surface area (Å²) in [5, 5.41) is 0. The summed E-state index contributed by atoms with van der Waals surface area (Å²) in [5.74, 6) is 1.85. The van der Waals surface area contributed by atoms with Crippen LogP contribution in [0.1, 0.15) is 119 Å². The zero-order valence-electron chi connectivity index (χ0n) is 25.8. The lowest BCUT2D eigenvalue weighted by atomic mass is 9.96. The van der Waals surface area contributed by atoms with E-state index in [1.54, 1.807) is 0 Å². The van der Waals surface area contributed by atoms with E-state index in [-0.39, 0.29) is 0 Å². The maximum absolute atomic E-state index is 2.57. The molecule has 0 aliphatic heterocycles. The van der Waals surface area contributed by atoms with E-state index >= 15 is 0 Å². The van der Waals surface area contributed by atoms with Crippen LogP contribution in [0.2, 0.25) is 0 Å². The number of rotatable bonds is 19. The highest BCUT2D eigenvalue weighted by Crippen LogP contribution is 2.24. The number of imidazole rings is 1. The molecule has 0 aliphatic carbocycles. The van der Waals surface area contributed by atoms with Crippen molar-refractivity contribution in [2.45, 2.75) is 116 Å². The fourth-order valence-electron chi connectivity index (χ4n) is 6.13. The van der Waals surface area contributed by atoms with E-state index in [0.29, 0.717) is 5.92 Å². The first-order chi connectivity index (χ1) is 20.3. The number of para-hydroxylation sites is 1. The van der Waals surface area contributed by atoms with E-state index in [1.807, 2.05) is 0 Å². The molecule has 0 N–H and O–H groups in total. The second-order valence-electron chi connectivity index (χ2n) is 12.0. The average molecular weight is 550 g/mol. The van der Waals surface area contributed by atoms with E-state index in [4.69, 9.17) is 0 Å². The summed E-state index contributed by atoms with van der Waals surface area (Å²) in [5.41, 5.74) is 5.44. The van der Waals surface area contributed by atoms with Gasteiger partial charge in [0.25, 0.3) is 5.82 Å². The second-order valence-corrected chi connectivity index (χ2v) is 12.0. The van der Waals surface area contributed by atoms with Gasteiger partial charge >= 0.3 is 0 Å². The molecule has 1 atom stereocenters. The van der Waals surface area contributed by atoms with E-state index in [1.165, 1.54) is 105 Å². The molecule has 2 nitrogen and oxygen atoms in total. The van der Waals surface area contributed by atoms with E-state index < -0.39 is 0 Å². The number of aromatic nitrogens is 2. The van der Waals surface area contributed by atoms with Gasteiger partial charge in [0.05, 0.1) is 13.0 Å². The lowest BCUT2D eigenvalue weighted by Crippen LogP contribution is -2.37. The van der Waals surface area contributed by atoms with Crippen molar-refractivity contribution in [2.24, 2.45) is 0 Å². The van der Waals surface area contributed by atoms with Gasteiger partial charge < -0.3 is 0 Å². The van der Waals surface area contributed by atoms with E-state index in [9.17, 15) is 0 Å². The number of nitrogens with zero attached hydrogens (tertiary/aromatic N) is 2. The molecule has 3 aromatic carbocycles. The van der Waals surface area contributed by atoms with Gasteiger partial charge in [-0.1, -0.05) is 157 Å². The third kappa shape index (κ3) is 10.0. The Morgan fingerprint density at radius 2 is 1.12 bits per heavy atom. The van der Waals surface area contributed by atoms with Crippen LogP contribution in [-0.4, -0.2) is 4.57 Å². The first-order valence-corrected chi connectivity index (χ1v) is 16.5. The zero-order chi connectivity index (χ0) is 28.5. The molecule has 0 amide bonds. The molecule has 0 bridgehead atoms. The van der Waals surface area contributed by atoms with Crippen molar-refractivity contribution in [3.8, 4) is 5.69 Å². The molecule has 1 unspecified atom stereocenters. The summed E-state index contributed by atoms with van der Waals surface area (Å²) >= 11 is 0. The van der Waals surface area contributed by atoms with Gasteiger partial charge in [-0.15, -0.1) is 0 Å². The summed E-state index contributed by atoms with van der Waals surface area (Å²) < 4.78 is 5.12.